The standard InChI is InChI=1S/C12H14N4O3S/c1-9(17)13-8-10-2-4-11(5-3-10)20(18,19)16-12-6-7-14-15-12/h2-7H,8H2,1H3,(H,13,17)(H2,14,15,16). The number of amides is 1. The lowest BCUT2D eigenvalue weighted by molar-refractivity contribution is -0.119. The van der Waals surface area contributed by atoms with E-state index in [1.54, 1.807) is 12.1 Å². The van der Waals surface area contributed by atoms with Gasteiger partial charge in [-0.15, -0.1) is 0 Å². The molecule has 0 aliphatic rings. The van der Waals surface area contributed by atoms with E-state index in [0.29, 0.717) is 12.4 Å². The van der Waals surface area contributed by atoms with Gasteiger partial charge in [0.05, 0.1) is 11.1 Å². The highest BCUT2D eigenvalue weighted by Gasteiger charge is 2.14. The molecular weight excluding hydrogens is 280 g/mol. The smallest absolute Gasteiger partial charge is 0.263 e. The molecule has 2 rings (SSSR count). The van der Waals surface area contributed by atoms with Gasteiger partial charge >= 0.3 is 0 Å². The van der Waals surface area contributed by atoms with Gasteiger partial charge in [-0.2, -0.15) is 5.10 Å². The number of nitrogens with zero attached hydrogens (tertiary/aromatic N) is 1. The van der Waals surface area contributed by atoms with Crippen molar-refractivity contribution >= 4 is 21.7 Å². The molecule has 1 aromatic carbocycles. The van der Waals surface area contributed by atoms with Gasteiger partial charge in [0.15, 0.2) is 0 Å². The molecule has 1 aromatic heterocycles. The van der Waals surface area contributed by atoms with Gasteiger partial charge in [0.25, 0.3) is 10.0 Å². The number of hydrogen-bond acceptors (Lipinski definition) is 4. The Kier molecular flexibility index (Phi) is 4.04. The van der Waals surface area contributed by atoms with Crippen LogP contribution in [0.5, 0.6) is 0 Å². The van der Waals surface area contributed by atoms with Crippen molar-refractivity contribution in [2.24, 2.45) is 0 Å². The van der Waals surface area contributed by atoms with Crippen LogP contribution in [-0.4, -0.2) is 24.5 Å². The van der Waals surface area contributed by atoms with Crippen molar-refractivity contribution in [2.45, 2.75) is 18.4 Å². The second-order valence-electron chi connectivity index (χ2n) is 4.13. The summed E-state index contributed by atoms with van der Waals surface area (Å²) >= 11 is 0. The average Bonchev–Trinajstić information content (AvgIpc) is 2.89. The summed E-state index contributed by atoms with van der Waals surface area (Å²) in [4.78, 5) is 10.9. The topological polar surface area (TPSA) is 104 Å². The summed E-state index contributed by atoms with van der Waals surface area (Å²) in [7, 11) is -3.64. The Hall–Kier alpha value is -2.35. The monoisotopic (exact) mass is 294 g/mol. The van der Waals surface area contributed by atoms with E-state index in [0.717, 1.165) is 5.56 Å². The number of carbonyl (C=O) groups excluding carboxylic acids is 1. The highest BCUT2D eigenvalue weighted by atomic mass is 32.2. The Morgan fingerprint density at radius 2 is 1.95 bits per heavy atom. The Labute approximate surface area is 116 Å². The van der Waals surface area contributed by atoms with Crippen LogP contribution in [0, 0.1) is 0 Å². The average molecular weight is 294 g/mol. The molecule has 0 aliphatic heterocycles. The van der Waals surface area contributed by atoms with E-state index in [1.807, 2.05) is 0 Å². The van der Waals surface area contributed by atoms with Gasteiger partial charge in [-0.05, 0) is 17.7 Å². The number of carbonyl (C=O) groups is 1. The molecule has 1 amide bonds. The number of aromatic nitrogens is 2. The predicted octanol–water partition coefficient (Wildman–Crippen LogP) is 0.847. The van der Waals surface area contributed by atoms with E-state index in [9.17, 15) is 13.2 Å². The number of aromatic amines is 1. The van der Waals surface area contributed by atoms with Crippen molar-refractivity contribution in [3.05, 3.63) is 42.1 Å². The summed E-state index contributed by atoms with van der Waals surface area (Å²) in [5.74, 6) is 0.162. The summed E-state index contributed by atoms with van der Waals surface area (Å²) in [6, 6.07) is 7.78. The molecule has 3 N–H and O–H groups in total. The van der Waals surface area contributed by atoms with E-state index in [4.69, 9.17) is 0 Å². The molecule has 0 saturated heterocycles. The summed E-state index contributed by atoms with van der Waals surface area (Å²) in [5.41, 5.74) is 0.820. The SMILES string of the molecule is CC(=O)NCc1ccc(S(=O)(=O)Nc2ccn[nH]2)cc1. The van der Waals surface area contributed by atoms with Crippen LogP contribution >= 0.6 is 0 Å². The molecule has 0 saturated carbocycles. The molecule has 0 spiro atoms. The maximum absolute atomic E-state index is 12.0. The third kappa shape index (κ3) is 3.58. The summed E-state index contributed by atoms with van der Waals surface area (Å²) in [5, 5.41) is 8.82. The minimum Gasteiger partial charge on any atom is -0.352 e. The summed E-state index contributed by atoms with van der Waals surface area (Å²) in [6.45, 7) is 1.79. The third-order valence-electron chi connectivity index (χ3n) is 2.52. The number of nitrogens with one attached hydrogen (secondary N) is 3. The molecule has 0 fully saturated rings. The maximum atomic E-state index is 12.0. The molecule has 2 aromatic rings. The van der Waals surface area contributed by atoms with E-state index in [-0.39, 0.29) is 10.8 Å². The molecule has 0 unspecified atom stereocenters. The van der Waals surface area contributed by atoms with E-state index >= 15 is 0 Å². The highest BCUT2D eigenvalue weighted by Crippen LogP contribution is 2.14. The minimum absolute atomic E-state index is 0.136. The number of sulfonamides is 1. The zero-order valence-corrected chi connectivity index (χ0v) is 11.6. The molecule has 20 heavy (non-hydrogen) atoms. The largest absolute Gasteiger partial charge is 0.352 e. The van der Waals surface area contributed by atoms with Gasteiger partial charge < -0.3 is 5.32 Å². The van der Waals surface area contributed by atoms with Crippen molar-refractivity contribution < 1.29 is 13.2 Å². The van der Waals surface area contributed by atoms with E-state index in [1.165, 1.54) is 31.3 Å². The molecule has 8 heteroatoms. The van der Waals surface area contributed by atoms with Crippen LogP contribution in [0.1, 0.15) is 12.5 Å². The third-order valence-corrected chi connectivity index (χ3v) is 3.90. The first-order valence-corrected chi connectivity index (χ1v) is 7.31. The Morgan fingerprint density at radius 1 is 1.25 bits per heavy atom. The van der Waals surface area contributed by atoms with Gasteiger partial charge in [0.2, 0.25) is 5.91 Å². The lowest BCUT2D eigenvalue weighted by Crippen LogP contribution is -2.19. The lowest BCUT2D eigenvalue weighted by Gasteiger charge is -2.07. The van der Waals surface area contributed by atoms with Crippen LogP contribution in [0.15, 0.2) is 41.4 Å². The molecule has 7 nitrogen and oxygen atoms in total. The quantitative estimate of drug-likeness (QED) is 0.760. The van der Waals surface area contributed by atoms with Crippen molar-refractivity contribution in [3.8, 4) is 0 Å². The first kappa shape index (κ1) is 14.1. The number of rotatable bonds is 5. The fraction of sp³-hybridized carbons (Fsp3) is 0.167. The molecule has 0 aliphatic carbocycles. The highest BCUT2D eigenvalue weighted by molar-refractivity contribution is 7.92. The second kappa shape index (κ2) is 5.74. The Balaban J connectivity index is 2.10. The van der Waals surface area contributed by atoms with Crippen molar-refractivity contribution in [3.63, 3.8) is 0 Å². The summed E-state index contributed by atoms with van der Waals surface area (Å²) in [6.07, 6.45) is 1.45. The van der Waals surface area contributed by atoms with Gasteiger partial charge in [0.1, 0.15) is 5.82 Å². The second-order valence-corrected chi connectivity index (χ2v) is 5.81. The van der Waals surface area contributed by atoms with E-state index < -0.39 is 10.0 Å². The van der Waals surface area contributed by atoms with Crippen LogP contribution in [0.3, 0.4) is 0 Å². The first-order valence-electron chi connectivity index (χ1n) is 5.83. The normalized spacial score (nSPS) is 11.1. The fourth-order valence-corrected chi connectivity index (χ4v) is 2.54. The van der Waals surface area contributed by atoms with Crippen molar-refractivity contribution in [1.29, 1.82) is 0 Å². The predicted molar refractivity (Wildman–Crippen MR) is 73.4 cm³/mol. The van der Waals surface area contributed by atoms with Gasteiger partial charge in [-0.3, -0.25) is 14.6 Å². The molecule has 1 heterocycles. The number of anilines is 1. The van der Waals surface area contributed by atoms with Crippen LogP contribution in [0.4, 0.5) is 5.82 Å². The minimum atomic E-state index is -3.64. The Morgan fingerprint density at radius 3 is 2.50 bits per heavy atom. The molecule has 0 bridgehead atoms. The summed E-state index contributed by atoms with van der Waals surface area (Å²) < 4.78 is 26.5. The van der Waals surface area contributed by atoms with Crippen LogP contribution in [0.25, 0.3) is 0 Å². The first-order chi connectivity index (χ1) is 9.47. The van der Waals surface area contributed by atoms with Crippen molar-refractivity contribution in [2.75, 3.05) is 4.72 Å². The van der Waals surface area contributed by atoms with Gasteiger partial charge in [-0.25, -0.2) is 8.42 Å². The zero-order chi connectivity index (χ0) is 14.6. The maximum Gasteiger partial charge on any atom is 0.263 e. The molecule has 106 valence electrons. The fourth-order valence-electron chi connectivity index (χ4n) is 1.53. The lowest BCUT2D eigenvalue weighted by atomic mass is 10.2. The van der Waals surface area contributed by atoms with E-state index in [2.05, 4.69) is 20.2 Å². The Bertz CT molecular complexity index is 678. The molecule has 0 atom stereocenters. The van der Waals surface area contributed by atoms with Gasteiger partial charge in [0, 0.05) is 19.5 Å². The van der Waals surface area contributed by atoms with Crippen LogP contribution < -0.4 is 10.0 Å². The zero-order valence-electron chi connectivity index (χ0n) is 10.8. The number of hydrogen-bond donors (Lipinski definition) is 3. The van der Waals surface area contributed by atoms with Crippen molar-refractivity contribution in [1.82, 2.24) is 15.5 Å². The van der Waals surface area contributed by atoms with Gasteiger partial charge in [-0.1, -0.05) is 12.1 Å². The molecule has 0 radical (unpaired) electrons. The number of H-pyrrole nitrogens is 1. The number of benzene rings is 1. The van der Waals surface area contributed by atoms with Crippen LogP contribution in [-0.2, 0) is 21.4 Å². The van der Waals surface area contributed by atoms with Crippen LogP contribution in [0.2, 0.25) is 0 Å². The molecular formula is C12H14N4O3S.